The molecule has 1 aromatic carbocycles. The average molecular weight is 966 g/mol. The van der Waals surface area contributed by atoms with Crippen LogP contribution < -0.4 is 10.7 Å². The van der Waals surface area contributed by atoms with E-state index in [1.54, 1.807) is 29.3 Å². The SMILES string of the molecule is CC(=O)N(c1ccc(N)cc1)N1CC[N]([Gd][CH2]C(=O)O)CC[N]([Gd][CH2]C(=O)O)CC[N]([Gd][CH2]C(=O)O)CC1. The molecule has 1 saturated heterocycles. The molecule has 1 heterocycles. The fourth-order valence-electron chi connectivity index (χ4n) is 3.39. The standard InChI is InChI=1S/C16H25N6O.3C2H3O2.3Gd/c1-14(23)22(16-4-2-15(17)3-5-16)21-12-10-19-8-6-18-7-9-20-11-13-21;3*1-2(3)4;;;/h2-5H,6-13,17H2,1H3;3*1H2,(H,3,4);;;/q-3;;;;3*+1. The normalized spacial score (nSPS) is 17.6. The summed E-state index contributed by atoms with van der Waals surface area (Å²) in [6.07, 6.45) is 0. The second-order valence-electron chi connectivity index (χ2n) is 7.95. The van der Waals surface area contributed by atoms with Gasteiger partial charge in [-0.3, -0.25) is 0 Å². The number of hydrogen-bond acceptors (Lipinski definition) is 9. The van der Waals surface area contributed by atoms with Gasteiger partial charge in [0.05, 0.1) is 0 Å². The van der Waals surface area contributed by atoms with Crippen molar-refractivity contribution in [3.8, 4) is 0 Å². The van der Waals surface area contributed by atoms with Gasteiger partial charge in [0, 0.05) is 0 Å². The van der Waals surface area contributed by atoms with Gasteiger partial charge < -0.3 is 0 Å². The monoisotopic (exact) mass is 968 g/mol. The molecule has 13 nitrogen and oxygen atoms in total. The minimum atomic E-state index is -1.09. The number of nitrogen functional groups attached to an aromatic ring is 1. The molecule has 218 valence electrons. The number of aliphatic carboxylic acids is 3. The summed E-state index contributed by atoms with van der Waals surface area (Å²) in [5.41, 5.74) is 7.10. The summed E-state index contributed by atoms with van der Waals surface area (Å²) >= 11 is -3.22. The van der Waals surface area contributed by atoms with Gasteiger partial charge in [0.15, 0.2) is 0 Å². The molecular weight excluding hydrogens is 932 g/mol. The Morgan fingerprint density at radius 1 is 0.711 bits per heavy atom. The van der Waals surface area contributed by atoms with E-state index in [0.29, 0.717) is 63.7 Å². The van der Waals surface area contributed by atoms with Crippen molar-refractivity contribution in [2.24, 2.45) is 0 Å². The molecule has 0 unspecified atom stereocenters. The number of carbonyl (C=O) groups excluding carboxylic acids is 1. The molecule has 38 heavy (non-hydrogen) atoms. The number of amides is 1. The zero-order valence-corrected chi connectivity index (χ0v) is 27.7. The third-order valence-corrected chi connectivity index (χ3v) is 14.2. The Morgan fingerprint density at radius 2 is 1.05 bits per heavy atom. The van der Waals surface area contributed by atoms with E-state index in [-0.39, 0.29) is 12.5 Å². The number of nitrogens with two attached hydrogens (primary N) is 1. The van der Waals surface area contributed by atoms with Crippen molar-refractivity contribution in [1.29, 1.82) is 0 Å². The third-order valence-electron chi connectivity index (χ3n) is 5.02. The molecule has 16 heteroatoms. The van der Waals surface area contributed by atoms with Crippen LogP contribution >= 0.6 is 0 Å². The summed E-state index contributed by atoms with van der Waals surface area (Å²) in [6, 6.07) is 7.03. The summed E-state index contributed by atoms with van der Waals surface area (Å²) in [4.78, 5) is 46.6. The van der Waals surface area contributed by atoms with Gasteiger partial charge >= 0.3 is 288 Å². The van der Waals surface area contributed by atoms with E-state index in [0.717, 1.165) is 0 Å². The van der Waals surface area contributed by atoms with Gasteiger partial charge in [0.2, 0.25) is 0 Å². The van der Waals surface area contributed by atoms with Gasteiger partial charge in [0.1, 0.15) is 0 Å². The van der Waals surface area contributed by atoms with Crippen LogP contribution in [0.4, 0.5) is 11.4 Å². The number of hydrazine groups is 1. The Bertz CT molecular complexity index is 909. The first-order chi connectivity index (χ1) is 18.0. The maximum absolute atomic E-state index is 12.8. The molecule has 0 spiro atoms. The number of carboxylic acid groups (broad SMARTS) is 3. The van der Waals surface area contributed by atoms with Crippen molar-refractivity contribution in [1.82, 2.24) is 8.31 Å². The summed E-state index contributed by atoms with van der Waals surface area (Å²) in [5, 5.41) is 31.3. The van der Waals surface area contributed by atoms with Gasteiger partial charge in [-0.15, -0.1) is 0 Å². The Hall–Kier alpha value is 0.714. The van der Waals surface area contributed by atoms with E-state index in [9.17, 15) is 34.5 Å². The van der Waals surface area contributed by atoms with Crippen LogP contribution in [-0.4, -0.2) is 99.8 Å². The van der Waals surface area contributed by atoms with Crippen molar-refractivity contribution in [3.05, 3.63) is 24.3 Å². The molecule has 1 amide bonds. The van der Waals surface area contributed by atoms with Crippen LogP contribution in [0, 0.1) is 109 Å². The molecule has 0 atom stereocenters. The molecule has 1 aliphatic rings. The quantitative estimate of drug-likeness (QED) is 0.224. The molecule has 0 saturated carbocycles. The Balaban J connectivity index is 2.30. The molecule has 5 N–H and O–H groups in total. The Labute approximate surface area is 282 Å². The van der Waals surface area contributed by atoms with E-state index in [2.05, 4.69) is 3.30 Å². The predicted molar refractivity (Wildman–Crippen MR) is 128 cm³/mol. The Morgan fingerprint density at radius 3 is 1.37 bits per heavy atom. The summed E-state index contributed by atoms with van der Waals surface area (Å²) < 4.78 is 6.95. The van der Waals surface area contributed by atoms with Crippen LogP contribution in [0.2, 0.25) is 6.60 Å². The number of benzene rings is 1. The van der Waals surface area contributed by atoms with E-state index in [4.69, 9.17) is 5.73 Å². The van der Waals surface area contributed by atoms with Crippen LogP contribution in [0.5, 0.6) is 0 Å². The van der Waals surface area contributed by atoms with E-state index in [1.807, 2.05) is 5.01 Å². The topological polar surface area (TPSA) is 171 Å². The summed E-state index contributed by atoms with van der Waals surface area (Å²) in [6.45, 7) is 6.16. The Kier molecular flexibility index (Phi) is 17.5. The number of nitrogens with zero attached hydrogens (tertiary/aromatic N) is 5. The van der Waals surface area contributed by atoms with Gasteiger partial charge in [0.25, 0.3) is 0 Å². The molecule has 1 aromatic rings. The first-order valence-electron chi connectivity index (χ1n) is 11.6. The van der Waals surface area contributed by atoms with Crippen molar-refractivity contribution in [2.45, 2.75) is 13.5 Å². The zero-order chi connectivity index (χ0) is 28.1. The fraction of sp³-hybridized carbons (Fsp3) is 0.545. The van der Waals surface area contributed by atoms with Crippen LogP contribution in [0.15, 0.2) is 24.3 Å². The van der Waals surface area contributed by atoms with Gasteiger partial charge in [-0.25, -0.2) is 0 Å². The second-order valence-corrected chi connectivity index (χ2v) is 16.8. The first-order valence-corrected chi connectivity index (χ1v) is 19.4. The molecule has 0 bridgehead atoms. The van der Waals surface area contributed by atoms with Crippen molar-refractivity contribution in [3.63, 3.8) is 0 Å². The molecule has 1 fully saturated rings. The number of rotatable bonds is 11. The molecule has 0 aliphatic carbocycles. The molecule has 1 aliphatic heterocycles. The van der Waals surface area contributed by atoms with Gasteiger partial charge in [-0.2, -0.15) is 0 Å². The zero-order valence-electron chi connectivity index (χ0n) is 20.9. The molecule has 0 aromatic heterocycles. The van der Waals surface area contributed by atoms with Crippen molar-refractivity contribution < 1.29 is 143 Å². The fourth-order valence-corrected chi connectivity index (χ4v) is 9.35. The van der Waals surface area contributed by atoms with E-state index in [1.165, 1.54) is 6.92 Å². The van der Waals surface area contributed by atoms with E-state index < -0.39 is 127 Å². The van der Waals surface area contributed by atoms with E-state index >= 15 is 0 Å². The van der Waals surface area contributed by atoms with Crippen LogP contribution in [-0.2, 0) is 19.2 Å². The first kappa shape index (κ1) is 34.9. The van der Waals surface area contributed by atoms with Crippen LogP contribution in [0.25, 0.3) is 0 Å². The predicted octanol–water partition coefficient (Wildman–Crippen LogP) is 0.267. The number of carbonyl (C=O) groups is 4. The summed E-state index contributed by atoms with van der Waals surface area (Å²) in [5.74, 6) is -2.65. The average Bonchev–Trinajstić information content (AvgIpc) is 2.84. The number of hydrogen-bond donors (Lipinski definition) is 4. The maximum atomic E-state index is 12.8. The van der Waals surface area contributed by atoms with Crippen LogP contribution in [0.1, 0.15) is 6.92 Å². The molecular formula is C22H34Gd3N6O7. The number of anilines is 2. The molecule has 0 radical (unpaired) electrons. The second kappa shape index (κ2) is 19.0. The van der Waals surface area contributed by atoms with Crippen molar-refractivity contribution >= 4 is 35.2 Å². The van der Waals surface area contributed by atoms with Crippen LogP contribution in [0.3, 0.4) is 0 Å². The van der Waals surface area contributed by atoms with Crippen molar-refractivity contribution in [2.75, 3.05) is 63.1 Å². The van der Waals surface area contributed by atoms with Gasteiger partial charge in [-0.1, -0.05) is 0 Å². The number of carboxylic acids is 3. The summed E-state index contributed by atoms with van der Waals surface area (Å²) in [7, 11) is 0. The molecule has 2 rings (SSSR count). The van der Waals surface area contributed by atoms with Gasteiger partial charge in [-0.05, 0) is 0 Å². The third kappa shape index (κ3) is 14.1. The minimum absolute atomic E-state index is 0.121.